The smallest absolute Gasteiger partial charge is 0.144 e. The van der Waals surface area contributed by atoms with E-state index in [2.05, 4.69) is 10.5 Å². The molecule has 17 heavy (non-hydrogen) atoms. The average molecular weight is 239 g/mol. The van der Waals surface area contributed by atoms with E-state index >= 15 is 0 Å². The molecule has 0 aliphatic heterocycles. The van der Waals surface area contributed by atoms with E-state index in [-0.39, 0.29) is 11.3 Å². The number of furan rings is 1. The Morgan fingerprint density at radius 2 is 2.29 bits per heavy atom. The predicted molar refractivity (Wildman–Crippen MR) is 67.1 cm³/mol. The Morgan fingerprint density at radius 3 is 2.88 bits per heavy atom. The highest BCUT2D eigenvalue weighted by Gasteiger charge is 2.22. The molecule has 0 aliphatic carbocycles. The molecule has 4 N–H and O–H groups in total. The molecule has 0 aliphatic rings. The van der Waals surface area contributed by atoms with Crippen molar-refractivity contribution in [3.63, 3.8) is 0 Å². The van der Waals surface area contributed by atoms with Crippen molar-refractivity contribution in [3.8, 4) is 0 Å². The average Bonchev–Trinajstić information content (AvgIpc) is 2.80. The van der Waals surface area contributed by atoms with Crippen molar-refractivity contribution >= 4 is 5.84 Å². The van der Waals surface area contributed by atoms with Gasteiger partial charge in [0.2, 0.25) is 0 Å². The van der Waals surface area contributed by atoms with Crippen LogP contribution in [0.25, 0.3) is 0 Å². The summed E-state index contributed by atoms with van der Waals surface area (Å²) in [6.45, 7) is 5.59. The number of rotatable bonds is 7. The largest absolute Gasteiger partial charge is 0.469 e. The van der Waals surface area contributed by atoms with Gasteiger partial charge >= 0.3 is 0 Å². The number of hydrogen-bond acceptors (Lipinski definition) is 4. The maximum Gasteiger partial charge on any atom is 0.144 e. The van der Waals surface area contributed by atoms with Gasteiger partial charge in [-0.3, -0.25) is 0 Å². The molecule has 0 spiro atoms. The molecule has 0 bridgehead atoms. The zero-order valence-electron chi connectivity index (χ0n) is 10.4. The SMILES string of the molecule is CC(C)(CCNCCc1ccco1)C(N)=NO. The molecule has 0 radical (unpaired) electrons. The summed E-state index contributed by atoms with van der Waals surface area (Å²) in [5, 5.41) is 15.0. The third-order valence-electron chi connectivity index (χ3n) is 2.86. The second-order valence-corrected chi connectivity index (χ2v) is 4.70. The minimum Gasteiger partial charge on any atom is -0.469 e. The van der Waals surface area contributed by atoms with Crippen LogP contribution in [0.2, 0.25) is 0 Å². The molecule has 0 saturated carbocycles. The van der Waals surface area contributed by atoms with Crippen molar-refractivity contribution in [1.82, 2.24) is 5.32 Å². The number of amidine groups is 1. The van der Waals surface area contributed by atoms with Crippen LogP contribution >= 0.6 is 0 Å². The number of nitrogens with zero attached hydrogens (tertiary/aromatic N) is 1. The molecule has 1 aromatic rings. The number of nitrogens with two attached hydrogens (primary N) is 1. The molecule has 5 nitrogen and oxygen atoms in total. The molecule has 0 atom stereocenters. The van der Waals surface area contributed by atoms with E-state index in [4.69, 9.17) is 15.4 Å². The first-order valence-corrected chi connectivity index (χ1v) is 5.77. The van der Waals surface area contributed by atoms with Gasteiger partial charge in [-0.2, -0.15) is 0 Å². The molecule has 1 heterocycles. The highest BCUT2D eigenvalue weighted by Crippen LogP contribution is 2.19. The maximum absolute atomic E-state index is 8.63. The fourth-order valence-electron chi connectivity index (χ4n) is 1.46. The van der Waals surface area contributed by atoms with Crippen molar-refractivity contribution in [2.45, 2.75) is 26.7 Å². The van der Waals surface area contributed by atoms with Crippen LogP contribution in [0.1, 0.15) is 26.0 Å². The van der Waals surface area contributed by atoms with Crippen molar-refractivity contribution in [3.05, 3.63) is 24.2 Å². The van der Waals surface area contributed by atoms with Crippen LogP contribution < -0.4 is 11.1 Å². The molecule has 0 amide bonds. The summed E-state index contributed by atoms with van der Waals surface area (Å²) in [6.07, 6.45) is 3.37. The zero-order chi connectivity index (χ0) is 12.7. The highest BCUT2D eigenvalue weighted by molar-refractivity contribution is 5.85. The summed E-state index contributed by atoms with van der Waals surface area (Å²) in [5.74, 6) is 1.25. The molecule has 0 aromatic carbocycles. The summed E-state index contributed by atoms with van der Waals surface area (Å²) in [7, 11) is 0. The standard InChI is InChI=1S/C12H21N3O2/c1-12(2,11(13)15-16)6-8-14-7-5-10-4-3-9-17-10/h3-4,9,14,16H,5-8H2,1-2H3,(H2,13,15). The normalized spacial score (nSPS) is 12.9. The van der Waals surface area contributed by atoms with Crippen LogP contribution in [0, 0.1) is 5.41 Å². The van der Waals surface area contributed by atoms with Gasteiger partial charge in [0.15, 0.2) is 0 Å². The lowest BCUT2D eigenvalue weighted by molar-refractivity contribution is 0.305. The zero-order valence-corrected chi connectivity index (χ0v) is 10.4. The quantitative estimate of drug-likeness (QED) is 0.222. The first-order chi connectivity index (χ1) is 8.06. The lowest BCUT2D eigenvalue weighted by atomic mass is 9.88. The molecule has 0 saturated heterocycles. The van der Waals surface area contributed by atoms with Crippen LogP contribution in [-0.2, 0) is 6.42 Å². The van der Waals surface area contributed by atoms with Crippen molar-refractivity contribution in [1.29, 1.82) is 0 Å². The van der Waals surface area contributed by atoms with E-state index in [0.717, 1.165) is 31.7 Å². The Kier molecular flexibility index (Phi) is 5.03. The Hall–Kier alpha value is -1.49. The van der Waals surface area contributed by atoms with Crippen molar-refractivity contribution < 1.29 is 9.62 Å². The summed E-state index contributed by atoms with van der Waals surface area (Å²) in [6, 6.07) is 3.85. The first-order valence-electron chi connectivity index (χ1n) is 5.77. The fraction of sp³-hybridized carbons (Fsp3) is 0.583. The van der Waals surface area contributed by atoms with E-state index in [9.17, 15) is 0 Å². The van der Waals surface area contributed by atoms with Gasteiger partial charge in [-0.15, -0.1) is 0 Å². The third-order valence-corrected chi connectivity index (χ3v) is 2.86. The third kappa shape index (κ3) is 4.48. The Bertz CT molecular complexity index is 345. The summed E-state index contributed by atoms with van der Waals surface area (Å²) in [4.78, 5) is 0. The van der Waals surface area contributed by atoms with Gasteiger partial charge in [0.1, 0.15) is 11.6 Å². The van der Waals surface area contributed by atoms with Crippen LogP contribution in [0.15, 0.2) is 28.0 Å². The topological polar surface area (TPSA) is 83.8 Å². The van der Waals surface area contributed by atoms with E-state index in [1.807, 2.05) is 26.0 Å². The Labute approximate surface area is 102 Å². The molecule has 1 rings (SSSR count). The highest BCUT2D eigenvalue weighted by atomic mass is 16.4. The van der Waals surface area contributed by atoms with Gasteiger partial charge in [-0.25, -0.2) is 0 Å². The summed E-state index contributed by atoms with van der Waals surface area (Å²) >= 11 is 0. The van der Waals surface area contributed by atoms with Crippen LogP contribution in [-0.4, -0.2) is 24.1 Å². The van der Waals surface area contributed by atoms with Crippen molar-refractivity contribution in [2.75, 3.05) is 13.1 Å². The molecule has 5 heteroatoms. The van der Waals surface area contributed by atoms with E-state index in [1.165, 1.54) is 0 Å². The van der Waals surface area contributed by atoms with Crippen LogP contribution in [0.4, 0.5) is 0 Å². The number of hydrogen-bond donors (Lipinski definition) is 3. The molecular formula is C12H21N3O2. The van der Waals surface area contributed by atoms with Gasteiger partial charge in [0, 0.05) is 18.4 Å². The molecule has 0 unspecified atom stereocenters. The molecule has 0 fully saturated rings. The van der Waals surface area contributed by atoms with Gasteiger partial charge in [-0.1, -0.05) is 19.0 Å². The van der Waals surface area contributed by atoms with E-state index in [0.29, 0.717) is 0 Å². The number of oxime groups is 1. The van der Waals surface area contributed by atoms with E-state index < -0.39 is 0 Å². The predicted octanol–water partition coefficient (Wildman–Crippen LogP) is 1.57. The minimum absolute atomic E-state index is 0.269. The number of nitrogens with one attached hydrogen (secondary N) is 1. The Balaban J connectivity index is 2.16. The first kappa shape index (κ1) is 13.6. The monoisotopic (exact) mass is 239 g/mol. The fourth-order valence-corrected chi connectivity index (χ4v) is 1.46. The van der Waals surface area contributed by atoms with Gasteiger partial charge in [0.05, 0.1) is 6.26 Å². The van der Waals surface area contributed by atoms with Gasteiger partial charge in [-0.05, 0) is 25.1 Å². The van der Waals surface area contributed by atoms with E-state index in [1.54, 1.807) is 6.26 Å². The minimum atomic E-state index is -0.285. The van der Waals surface area contributed by atoms with Crippen LogP contribution in [0.5, 0.6) is 0 Å². The lowest BCUT2D eigenvalue weighted by Gasteiger charge is -2.22. The molecule has 1 aromatic heterocycles. The van der Waals surface area contributed by atoms with Crippen molar-refractivity contribution in [2.24, 2.45) is 16.3 Å². The molecular weight excluding hydrogens is 218 g/mol. The van der Waals surface area contributed by atoms with Gasteiger partial charge in [0.25, 0.3) is 0 Å². The Morgan fingerprint density at radius 1 is 1.53 bits per heavy atom. The molecule has 96 valence electrons. The van der Waals surface area contributed by atoms with Gasteiger partial charge < -0.3 is 20.7 Å². The maximum atomic E-state index is 8.63. The van der Waals surface area contributed by atoms with Crippen LogP contribution in [0.3, 0.4) is 0 Å². The lowest BCUT2D eigenvalue weighted by Crippen LogP contribution is -2.35. The second-order valence-electron chi connectivity index (χ2n) is 4.70. The summed E-state index contributed by atoms with van der Waals surface area (Å²) < 4.78 is 5.22. The summed E-state index contributed by atoms with van der Waals surface area (Å²) in [5.41, 5.74) is 5.31. The second kappa shape index (κ2) is 6.30.